The van der Waals surface area contributed by atoms with Crippen LogP contribution >= 0.6 is 0 Å². The zero-order valence-electron chi connectivity index (χ0n) is 10.7. The van der Waals surface area contributed by atoms with Crippen LogP contribution in [0.4, 0.5) is 0 Å². The van der Waals surface area contributed by atoms with Gasteiger partial charge in [0.05, 0.1) is 5.92 Å². The summed E-state index contributed by atoms with van der Waals surface area (Å²) in [4.78, 5) is 23.0. The second kappa shape index (κ2) is 5.69. The molecule has 2 aliphatic rings. The van der Waals surface area contributed by atoms with E-state index >= 15 is 0 Å². The molecule has 0 aromatic rings. The van der Waals surface area contributed by atoms with E-state index in [1.54, 1.807) is 0 Å². The number of hydrogen-bond acceptors (Lipinski definition) is 3. The minimum atomic E-state index is -0.751. The Morgan fingerprint density at radius 3 is 2.67 bits per heavy atom. The molecule has 1 heterocycles. The summed E-state index contributed by atoms with van der Waals surface area (Å²) in [5.74, 6) is -0.884. The molecule has 0 aromatic heterocycles. The molecule has 5 nitrogen and oxygen atoms in total. The number of rotatable bonds is 3. The van der Waals surface area contributed by atoms with E-state index in [-0.39, 0.29) is 29.9 Å². The first-order chi connectivity index (χ1) is 8.58. The molecule has 2 fully saturated rings. The maximum Gasteiger partial charge on any atom is 0.306 e. The van der Waals surface area contributed by atoms with Gasteiger partial charge in [0, 0.05) is 12.6 Å². The standard InChI is InChI=1S/C13H21NO4/c1-8-5-6-18-11(8)12(15)14-10-4-2-3-9(7-10)13(16)17/h8-11H,2-7H2,1H3,(H,14,15)(H,16,17). The quantitative estimate of drug-likeness (QED) is 0.793. The lowest BCUT2D eigenvalue weighted by Crippen LogP contribution is -2.45. The Morgan fingerprint density at radius 1 is 1.28 bits per heavy atom. The van der Waals surface area contributed by atoms with Gasteiger partial charge in [-0.1, -0.05) is 13.3 Å². The van der Waals surface area contributed by atoms with Crippen molar-refractivity contribution in [3.63, 3.8) is 0 Å². The molecule has 1 amide bonds. The number of aliphatic carboxylic acids is 1. The number of carboxylic acid groups (broad SMARTS) is 1. The van der Waals surface area contributed by atoms with Gasteiger partial charge in [-0.05, 0) is 31.6 Å². The minimum Gasteiger partial charge on any atom is -0.481 e. The molecule has 4 atom stereocenters. The molecule has 1 aliphatic carbocycles. The van der Waals surface area contributed by atoms with Gasteiger partial charge < -0.3 is 15.2 Å². The van der Waals surface area contributed by atoms with Gasteiger partial charge in [0.1, 0.15) is 6.10 Å². The molecule has 0 aromatic carbocycles. The summed E-state index contributed by atoms with van der Waals surface area (Å²) in [6.07, 6.45) is 3.57. The van der Waals surface area contributed by atoms with Crippen molar-refractivity contribution in [2.24, 2.45) is 11.8 Å². The van der Waals surface area contributed by atoms with Crippen LogP contribution in [0.25, 0.3) is 0 Å². The average molecular weight is 255 g/mol. The summed E-state index contributed by atoms with van der Waals surface area (Å²) in [5, 5.41) is 12.0. The van der Waals surface area contributed by atoms with Gasteiger partial charge in [-0.2, -0.15) is 0 Å². The van der Waals surface area contributed by atoms with Crippen LogP contribution in [0.2, 0.25) is 0 Å². The molecular formula is C13H21NO4. The third-order valence-corrected chi connectivity index (χ3v) is 4.02. The van der Waals surface area contributed by atoms with Crippen LogP contribution in [-0.2, 0) is 14.3 Å². The first-order valence-electron chi connectivity index (χ1n) is 6.72. The molecule has 5 heteroatoms. The zero-order chi connectivity index (χ0) is 13.1. The topological polar surface area (TPSA) is 75.6 Å². The lowest BCUT2D eigenvalue weighted by Gasteiger charge is -2.28. The Hall–Kier alpha value is -1.10. The van der Waals surface area contributed by atoms with Crippen molar-refractivity contribution < 1.29 is 19.4 Å². The van der Waals surface area contributed by atoms with Crippen LogP contribution in [0.1, 0.15) is 39.0 Å². The molecule has 0 bridgehead atoms. The van der Waals surface area contributed by atoms with Crippen molar-refractivity contribution in [3.05, 3.63) is 0 Å². The van der Waals surface area contributed by atoms with Crippen LogP contribution in [0.3, 0.4) is 0 Å². The van der Waals surface area contributed by atoms with Crippen LogP contribution in [-0.4, -0.2) is 35.7 Å². The molecule has 4 unspecified atom stereocenters. The van der Waals surface area contributed by atoms with Crippen LogP contribution in [0.15, 0.2) is 0 Å². The smallest absolute Gasteiger partial charge is 0.306 e. The van der Waals surface area contributed by atoms with Gasteiger partial charge in [-0.15, -0.1) is 0 Å². The van der Waals surface area contributed by atoms with Crippen molar-refractivity contribution in [1.82, 2.24) is 5.32 Å². The van der Waals surface area contributed by atoms with Gasteiger partial charge in [0.25, 0.3) is 0 Å². The fourth-order valence-electron chi connectivity index (χ4n) is 2.86. The predicted octanol–water partition coefficient (Wildman–Crippen LogP) is 1.17. The summed E-state index contributed by atoms with van der Waals surface area (Å²) in [7, 11) is 0. The average Bonchev–Trinajstić information content (AvgIpc) is 2.76. The molecular weight excluding hydrogens is 234 g/mol. The minimum absolute atomic E-state index is 0.0104. The van der Waals surface area contributed by atoms with E-state index in [1.807, 2.05) is 6.92 Å². The normalized spacial score (nSPS) is 36.3. The van der Waals surface area contributed by atoms with Gasteiger partial charge in [-0.3, -0.25) is 9.59 Å². The molecule has 0 radical (unpaired) electrons. The van der Waals surface area contributed by atoms with E-state index in [4.69, 9.17) is 9.84 Å². The maximum atomic E-state index is 12.0. The number of nitrogens with one attached hydrogen (secondary N) is 1. The van der Waals surface area contributed by atoms with Gasteiger partial charge >= 0.3 is 5.97 Å². The van der Waals surface area contributed by atoms with Gasteiger partial charge in [-0.25, -0.2) is 0 Å². The SMILES string of the molecule is CC1CCOC1C(=O)NC1CCCC(C(=O)O)C1. The highest BCUT2D eigenvalue weighted by molar-refractivity contribution is 5.81. The molecule has 1 saturated heterocycles. The number of carboxylic acids is 1. The molecule has 1 aliphatic heterocycles. The number of ether oxygens (including phenoxy) is 1. The number of carbonyl (C=O) groups is 2. The van der Waals surface area contributed by atoms with Gasteiger partial charge in [0.2, 0.25) is 5.91 Å². The summed E-state index contributed by atoms with van der Waals surface area (Å²) >= 11 is 0. The highest BCUT2D eigenvalue weighted by Gasteiger charge is 2.34. The Kier molecular flexibility index (Phi) is 4.22. The van der Waals surface area contributed by atoms with Crippen molar-refractivity contribution in [2.45, 2.75) is 51.2 Å². The van der Waals surface area contributed by atoms with E-state index in [9.17, 15) is 9.59 Å². The lowest BCUT2D eigenvalue weighted by molar-refractivity contribution is -0.144. The summed E-state index contributed by atoms with van der Waals surface area (Å²) < 4.78 is 5.41. The second-order valence-electron chi connectivity index (χ2n) is 5.46. The number of amides is 1. The van der Waals surface area contributed by atoms with Gasteiger partial charge in [0.15, 0.2) is 0 Å². The fourth-order valence-corrected chi connectivity index (χ4v) is 2.86. The van der Waals surface area contributed by atoms with Crippen LogP contribution < -0.4 is 5.32 Å². The number of carbonyl (C=O) groups excluding carboxylic acids is 1. The lowest BCUT2D eigenvalue weighted by atomic mass is 9.85. The van der Waals surface area contributed by atoms with Crippen molar-refractivity contribution in [2.75, 3.05) is 6.61 Å². The third-order valence-electron chi connectivity index (χ3n) is 4.02. The Bertz CT molecular complexity index is 331. The molecule has 102 valence electrons. The monoisotopic (exact) mass is 255 g/mol. The molecule has 1 saturated carbocycles. The van der Waals surface area contributed by atoms with E-state index in [0.29, 0.717) is 13.0 Å². The second-order valence-corrected chi connectivity index (χ2v) is 5.46. The first kappa shape index (κ1) is 13.3. The van der Waals surface area contributed by atoms with Crippen molar-refractivity contribution in [3.8, 4) is 0 Å². The Balaban J connectivity index is 1.85. The zero-order valence-corrected chi connectivity index (χ0v) is 10.7. The van der Waals surface area contributed by atoms with Crippen molar-refractivity contribution in [1.29, 1.82) is 0 Å². The Morgan fingerprint density at radius 2 is 2.06 bits per heavy atom. The maximum absolute atomic E-state index is 12.0. The fraction of sp³-hybridized carbons (Fsp3) is 0.846. The van der Waals surface area contributed by atoms with Crippen molar-refractivity contribution >= 4 is 11.9 Å². The summed E-state index contributed by atoms with van der Waals surface area (Å²) in [6, 6.07) is -0.0104. The third kappa shape index (κ3) is 3.02. The molecule has 2 N–H and O–H groups in total. The molecule has 0 spiro atoms. The predicted molar refractivity (Wildman–Crippen MR) is 65.0 cm³/mol. The number of hydrogen-bond donors (Lipinski definition) is 2. The van der Waals surface area contributed by atoms with Crippen LogP contribution in [0.5, 0.6) is 0 Å². The van der Waals surface area contributed by atoms with E-state index in [2.05, 4.69) is 5.32 Å². The highest BCUT2D eigenvalue weighted by atomic mass is 16.5. The Labute approximate surface area is 107 Å². The summed E-state index contributed by atoms with van der Waals surface area (Å²) in [6.45, 7) is 2.65. The molecule has 2 rings (SSSR count). The summed E-state index contributed by atoms with van der Waals surface area (Å²) in [5.41, 5.74) is 0. The van der Waals surface area contributed by atoms with E-state index in [0.717, 1.165) is 25.7 Å². The van der Waals surface area contributed by atoms with E-state index < -0.39 is 5.97 Å². The largest absolute Gasteiger partial charge is 0.481 e. The van der Waals surface area contributed by atoms with E-state index in [1.165, 1.54) is 0 Å². The van der Waals surface area contributed by atoms with Crippen LogP contribution in [0, 0.1) is 11.8 Å². The molecule has 18 heavy (non-hydrogen) atoms. The highest BCUT2D eigenvalue weighted by Crippen LogP contribution is 2.26. The first-order valence-corrected chi connectivity index (χ1v) is 6.72.